The number of carbonyl (C=O) groups excluding carboxylic acids is 1. The molecule has 0 aromatic heterocycles. The van der Waals surface area contributed by atoms with Gasteiger partial charge in [0.25, 0.3) is 8.32 Å². The van der Waals surface area contributed by atoms with Crippen LogP contribution in [0.2, 0.25) is 5.04 Å². The monoisotopic (exact) mass is 498 g/mol. The van der Waals surface area contributed by atoms with Crippen LogP contribution in [0, 0.1) is 5.92 Å². The van der Waals surface area contributed by atoms with Crippen LogP contribution in [0.15, 0.2) is 60.7 Å². The van der Waals surface area contributed by atoms with Crippen LogP contribution in [0.1, 0.15) is 66.7 Å². The van der Waals surface area contributed by atoms with Crippen molar-refractivity contribution in [2.45, 2.75) is 83.5 Å². The molecule has 2 aromatic carbocycles. The van der Waals surface area contributed by atoms with E-state index < -0.39 is 26.2 Å². The lowest BCUT2D eigenvalue weighted by Gasteiger charge is -2.45. The number of benzene rings is 2. The first-order valence-corrected chi connectivity index (χ1v) is 14.8. The van der Waals surface area contributed by atoms with Crippen molar-refractivity contribution in [2.24, 2.45) is 5.92 Å². The average molecular weight is 499 g/mol. The standard InChI is InChI=1S/C29H42O5Si/c1-6-7-8-11-16-23(21-30)26-29(5,34-27(31)33-26)22-32-35(28(2,3)4,24-17-12-9-13-18-24)25-19-14-10-15-20-25/h9-10,12-15,17-20,23,26,30H,6-8,11,16,21-22H2,1-5H3/t23-,26+,29?/m0/s1. The first kappa shape index (κ1) is 27.4. The minimum atomic E-state index is -2.81. The minimum absolute atomic E-state index is 0.0533. The Morgan fingerprint density at radius 1 is 1.00 bits per heavy atom. The number of aliphatic hydroxyl groups excluding tert-OH is 1. The van der Waals surface area contributed by atoms with E-state index in [1.165, 1.54) is 10.4 Å². The second kappa shape index (κ2) is 11.7. The highest BCUT2D eigenvalue weighted by Crippen LogP contribution is 2.40. The van der Waals surface area contributed by atoms with Crippen LogP contribution in [0.4, 0.5) is 4.79 Å². The van der Waals surface area contributed by atoms with Crippen molar-refractivity contribution >= 4 is 24.8 Å². The van der Waals surface area contributed by atoms with Gasteiger partial charge in [0.2, 0.25) is 0 Å². The molecule has 1 heterocycles. The van der Waals surface area contributed by atoms with E-state index in [2.05, 4.69) is 76.2 Å². The molecular weight excluding hydrogens is 456 g/mol. The van der Waals surface area contributed by atoms with Gasteiger partial charge in [-0.25, -0.2) is 4.79 Å². The first-order chi connectivity index (χ1) is 16.7. The molecule has 3 rings (SSSR count). The fourth-order valence-electron chi connectivity index (χ4n) is 5.39. The molecule has 35 heavy (non-hydrogen) atoms. The topological polar surface area (TPSA) is 65.0 Å². The molecule has 0 saturated carbocycles. The van der Waals surface area contributed by atoms with Gasteiger partial charge in [-0.05, 0) is 28.8 Å². The third kappa shape index (κ3) is 5.99. The Morgan fingerprint density at radius 2 is 1.57 bits per heavy atom. The Kier molecular flexibility index (Phi) is 9.19. The molecular formula is C29H42O5Si. The number of carbonyl (C=O) groups is 1. The number of hydrogen-bond donors (Lipinski definition) is 1. The highest BCUT2D eigenvalue weighted by Gasteiger charge is 2.56. The van der Waals surface area contributed by atoms with Crippen LogP contribution < -0.4 is 10.4 Å². The average Bonchev–Trinajstić information content (AvgIpc) is 3.14. The van der Waals surface area contributed by atoms with Gasteiger partial charge in [-0.2, -0.15) is 0 Å². The van der Waals surface area contributed by atoms with Gasteiger partial charge < -0.3 is 19.0 Å². The maximum atomic E-state index is 12.4. The molecule has 0 bridgehead atoms. The molecule has 192 valence electrons. The molecule has 1 unspecified atom stereocenters. The van der Waals surface area contributed by atoms with Crippen molar-refractivity contribution < 1.29 is 23.8 Å². The van der Waals surface area contributed by atoms with E-state index in [4.69, 9.17) is 13.9 Å². The van der Waals surface area contributed by atoms with Gasteiger partial charge in [0, 0.05) is 12.5 Å². The van der Waals surface area contributed by atoms with Crippen LogP contribution in [0.25, 0.3) is 0 Å². The number of rotatable bonds is 12. The van der Waals surface area contributed by atoms with Gasteiger partial charge in [-0.3, -0.25) is 0 Å². The van der Waals surface area contributed by atoms with Gasteiger partial charge in [0.1, 0.15) is 0 Å². The predicted octanol–water partition coefficient (Wildman–Crippen LogP) is 5.44. The second-order valence-electron chi connectivity index (χ2n) is 10.9. The molecule has 1 aliphatic rings. The second-order valence-corrected chi connectivity index (χ2v) is 15.3. The molecule has 1 fully saturated rings. The maximum Gasteiger partial charge on any atom is 0.509 e. The fourth-order valence-corrected chi connectivity index (χ4v) is 10.1. The summed E-state index contributed by atoms with van der Waals surface area (Å²) in [6.07, 6.45) is 3.94. The summed E-state index contributed by atoms with van der Waals surface area (Å²) < 4.78 is 18.5. The first-order valence-electron chi connectivity index (χ1n) is 12.9. The normalized spacial score (nSPS) is 21.4. The van der Waals surface area contributed by atoms with Gasteiger partial charge >= 0.3 is 6.16 Å². The lowest BCUT2D eigenvalue weighted by atomic mass is 9.86. The highest BCUT2D eigenvalue weighted by atomic mass is 28.4. The van der Waals surface area contributed by atoms with Gasteiger partial charge in [-0.15, -0.1) is 0 Å². The third-order valence-electron chi connectivity index (χ3n) is 7.22. The summed E-state index contributed by atoms with van der Waals surface area (Å²) in [5.74, 6) is -0.189. The largest absolute Gasteiger partial charge is 0.509 e. The van der Waals surface area contributed by atoms with Crippen molar-refractivity contribution in [1.29, 1.82) is 0 Å². The van der Waals surface area contributed by atoms with Gasteiger partial charge in [0.05, 0.1) is 6.61 Å². The zero-order chi connectivity index (χ0) is 25.5. The van der Waals surface area contributed by atoms with E-state index in [1.807, 2.05) is 19.1 Å². The number of hydrogen-bond acceptors (Lipinski definition) is 5. The van der Waals surface area contributed by atoms with Crippen LogP contribution in [0.5, 0.6) is 0 Å². The van der Waals surface area contributed by atoms with E-state index in [1.54, 1.807) is 0 Å². The van der Waals surface area contributed by atoms with Gasteiger partial charge in [-0.1, -0.05) is 114 Å². The van der Waals surface area contributed by atoms with E-state index in [0.29, 0.717) is 0 Å². The molecule has 1 N–H and O–H groups in total. The minimum Gasteiger partial charge on any atom is -0.426 e. The molecule has 0 amide bonds. The Balaban J connectivity index is 1.95. The number of aliphatic hydroxyl groups is 1. The lowest BCUT2D eigenvalue weighted by Crippen LogP contribution is -2.68. The van der Waals surface area contributed by atoms with Gasteiger partial charge in [0.15, 0.2) is 11.7 Å². The summed E-state index contributed by atoms with van der Waals surface area (Å²) in [5.41, 5.74) is -0.984. The summed E-state index contributed by atoms with van der Waals surface area (Å²) in [5, 5.41) is 12.3. The summed E-state index contributed by atoms with van der Waals surface area (Å²) in [6, 6.07) is 20.8. The fraction of sp³-hybridized carbons (Fsp3) is 0.552. The Labute approximate surface area is 211 Å². The van der Waals surface area contributed by atoms with Crippen molar-refractivity contribution in [3.05, 3.63) is 60.7 Å². The van der Waals surface area contributed by atoms with E-state index in [0.717, 1.165) is 32.1 Å². The Hall–Kier alpha value is -2.15. The predicted molar refractivity (Wildman–Crippen MR) is 143 cm³/mol. The molecule has 2 aromatic rings. The maximum absolute atomic E-state index is 12.4. The van der Waals surface area contributed by atoms with Crippen LogP contribution in [-0.2, 0) is 13.9 Å². The Bertz CT molecular complexity index is 888. The van der Waals surface area contributed by atoms with Crippen molar-refractivity contribution in [3.8, 4) is 0 Å². The SMILES string of the molecule is CCCCCC[C@@H](CO)[C@H]1OC(=O)OC1(C)CO[Si](c1ccccc1)(c1ccccc1)C(C)(C)C. The van der Waals surface area contributed by atoms with Crippen LogP contribution >= 0.6 is 0 Å². The summed E-state index contributed by atoms with van der Waals surface area (Å²) in [7, 11) is -2.81. The Morgan fingerprint density at radius 3 is 2.06 bits per heavy atom. The molecule has 0 radical (unpaired) electrons. The number of ether oxygens (including phenoxy) is 2. The van der Waals surface area contributed by atoms with E-state index in [-0.39, 0.29) is 24.2 Å². The molecule has 5 nitrogen and oxygen atoms in total. The molecule has 0 aliphatic carbocycles. The van der Waals surface area contributed by atoms with E-state index in [9.17, 15) is 9.90 Å². The number of unbranched alkanes of at least 4 members (excludes halogenated alkanes) is 3. The molecule has 0 spiro atoms. The summed E-state index contributed by atoms with van der Waals surface area (Å²) in [6.45, 7) is 10.9. The quantitative estimate of drug-likeness (QED) is 0.240. The number of cyclic esters (lactones) is 2. The summed E-state index contributed by atoms with van der Waals surface area (Å²) >= 11 is 0. The van der Waals surface area contributed by atoms with Crippen molar-refractivity contribution in [2.75, 3.05) is 13.2 Å². The van der Waals surface area contributed by atoms with Crippen LogP contribution in [-0.4, -0.2) is 44.5 Å². The van der Waals surface area contributed by atoms with Crippen molar-refractivity contribution in [1.82, 2.24) is 0 Å². The highest BCUT2D eigenvalue weighted by molar-refractivity contribution is 6.99. The van der Waals surface area contributed by atoms with Crippen LogP contribution in [0.3, 0.4) is 0 Å². The molecule has 1 saturated heterocycles. The zero-order valence-electron chi connectivity index (χ0n) is 22.0. The zero-order valence-corrected chi connectivity index (χ0v) is 23.0. The molecule has 1 aliphatic heterocycles. The van der Waals surface area contributed by atoms with Crippen molar-refractivity contribution in [3.63, 3.8) is 0 Å². The molecule has 6 heteroatoms. The smallest absolute Gasteiger partial charge is 0.426 e. The molecule has 3 atom stereocenters. The van der Waals surface area contributed by atoms with E-state index >= 15 is 0 Å². The summed E-state index contributed by atoms with van der Waals surface area (Å²) in [4.78, 5) is 12.4. The third-order valence-corrected chi connectivity index (χ3v) is 12.2. The lowest BCUT2D eigenvalue weighted by molar-refractivity contribution is -0.0343.